The number of rotatable bonds is 0. The van der Waals surface area contributed by atoms with Gasteiger partial charge in [-0.25, -0.2) is 14.4 Å². The van der Waals surface area contributed by atoms with Gasteiger partial charge < -0.3 is 4.98 Å². The van der Waals surface area contributed by atoms with Crippen LogP contribution in [-0.4, -0.2) is 15.0 Å². The highest BCUT2D eigenvalue weighted by atomic mass is 19.1. The highest BCUT2D eigenvalue weighted by molar-refractivity contribution is 6.05. The molecule has 0 aliphatic rings. The summed E-state index contributed by atoms with van der Waals surface area (Å²) in [4.78, 5) is 12.2. The number of para-hydroxylation sites is 2. The Kier molecular flexibility index (Phi) is 1.73. The average Bonchev–Trinajstić information content (AvgIpc) is 2.73. The maximum atomic E-state index is 13.3. The summed E-state index contributed by atoms with van der Waals surface area (Å²) in [6.07, 6.45) is 0. The third kappa shape index (κ3) is 1.23. The van der Waals surface area contributed by atoms with E-state index in [1.165, 1.54) is 12.1 Å². The van der Waals surface area contributed by atoms with Crippen LogP contribution in [-0.2, 0) is 0 Å². The Morgan fingerprint density at radius 1 is 0.944 bits per heavy atom. The van der Waals surface area contributed by atoms with Crippen LogP contribution in [0.4, 0.5) is 4.39 Å². The van der Waals surface area contributed by atoms with E-state index in [2.05, 4.69) is 15.0 Å². The molecule has 86 valence electrons. The molecule has 2 aromatic heterocycles. The SMILES string of the molecule is Fc1ccc2[nH]c3nc4ccccc4nc3c2c1. The quantitative estimate of drug-likeness (QED) is 0.509. The van der Waals surface area contributed by atoms with Gasteiger partial charge in [0, 0.05) is 10.9 Å². The summed E-state index contributed by atoms with van der Waals surface area (Å²) in [5.41, 5.74) is 3.89. The van der Waals surface area contributed by atoms with Crippen LogP contribution in [0.15, 0.2) is 42.5 Å². The van der Waals surface area contributed by atoms with Crippen molar-refractivity contribution in [2.24, 2.45) is 0 Å². The molecular weight excluding hydrogens is 229 g/mol. The number of H-pyrrole nitrogens is 1. The molecule has 0 amide bonds. The number of benzene rings is 2. The second-order valence-electron chi connectivity index (χ2n) is 4.22. The zero-order chi connectivity index (χ0) is 12.1. The molecule has 4 heteroatoms. The molecule has 1 N–H and O–H groups in total. The van der Waals surface area contributed by atoms with E-state index in [-0.39, 0.29) is 5.82 Å². The minimum atomic E-state index is -0.265. The van der Waals surface area contributed by atoms with Gasteiger partial charge in [-0.1, -0.05) is 12.1 Å². The number of hydrogen-bond donors (Lipinski definition) is 1. The fourth-order valence-electron chi connectivity index (χ4n) is 2.22. The molecule has 2 aromatic carbocycles. The first-order valence-corrected chi connectivity index (χ1v) is 5.65. The molecule has 0 unspecified atom stereocenters. The summed E-state index contributed by atoms with van der Waals surface area (Å²) in [7, 11) is 0. The van der Waals surface area contributed by atoms with E-state index in [1.54, 1.807) is 6.07 Å². The molecule has 2 heterocycles. The van der Waals surface area contributed by atoms with Gasteiger partial charge in [0.15, 0.2) is 5.65 Å². The van der Waals surface area contributed by atoms with E-state index in [0.29, 0.717) is 11.2 Å². The third-order valence-corrected chi connectivity index (χ3v) is 3.06. The zero-order valence-electron chi connectivity index (χ0n) is 9.31. The van der Waals surface area contributed by atoms with Gasteiger partial charge in [-0.2, -0.15) is 0 Å². The molecule has 0 spiro atoms. The molecule has 0 aliphatic heterocycles. The molecule has 0 atom stereocenters. The van der Waals surface area contributed by atoms with Gasteiger partial charge >= 0.3 is 0 Å². The monoisotopic (exact) mass is 237 g/mol. The lowest BCUT2D eigenvalue weighted by Gasteiger charge is -1.96. The van der Waals surface area contributed by atoms with E-state index in [4.69, 9.17) is 0 Å². The average molecular weight is 237 g/mol. The highest BCUT2D eigenvalue weighted by Crippen LogP contribution is 2.25. The van der Waals surface area contributed by atoms with E-state index in [0.717, 1.165) is 21.9 Å². The second kappa shape index (κ2) is 3.26. The maximum Gasteiger partial charge on any atom is 0.157 e. The minimum Gasteiger partial charge on any atom is -0.338 e. The summed E-state index contributed by atoms with van der Waals surface area (Å²) >= 11 is 0. The molecule has 0 saturated heterocycles. The van der Waals surface area contributed by atoms with Crippen LogP contribution in [0.5, 0.6) is 0 Å². The van der Waals surface area contributed by atoms with Crippen molar-refractivity contribution in [1.29, 1.82) is 0 Å². The van der Waals surface area contributed by atoms with Crippen molar-refractivity contribution in [3.05, 3.63) is 48.3 Å². The van der Waals surface area contributed by atoms with Gasteiger partial charge in [-0.15, -0.1) is 0 Å². The van der Waals surface area contributed by atoms with E-state index >= 15 is 0 Å². The predicted octanol–water partition coefficient (Wildman–Crippen LogP) is 3.40. The third-order valence-electron chi connectivity index (χ3n) is 3.06. The van der Waals surface area contributed by atoms with E-state index in [1.807, 2.05) is 24.3 Å². The molecule has 0 saturated carbocycles. The largest absolute Gasteiger partial charge is 0.338 e. The first-order valence-electron chi connectivity index (χ1n) is 5.65. The van der Waals surface area contributed by atoms with Crippen molar-refractivity contribution in [2.45, 2.75) is 0 Å². The smallest absolute Gasteiger partial charge is 0.157 e. The maximum absolute atomic E-state index is 13.3. The molecular formula is C14H8FN3. The number of aromatic nitrogens is 3. The lowest BCUT2D eigenvalue weighted by molar-refractivity contribution is 0.630. The number of hydrogen-bond acceptors (Lipinski definition) is 2. The normalized spacial score (nSPS) is 11.6. The van der Waals surface area contributed by atoms with Gasteiger partial charge in [0.2, 0.25) is 0 Å². The Bertz CT molecular complexity index is 895. The Hall–Kier alpha value is -2.49. The first kappa shape index (κ1) is 9.53. The molecule has 0 radical (unpaired) electrons. The van der Waals surface area contributed by atoms with Gasteiger partial charge in [0.1, 0.15) is 11.3 Å². The summed E-state index contributed by atoms with van der Waals surface area (Å²) in [5.74, 6) is -0.265. The van der Waals surface area contributed by atoms with Gasteiger partial charge in [-0.05, 0) is 30.3 Å². The summed E-state index contributed by atoms with van der Waals surface area (Å²) < 4.78 is 13.3. The van der Waals surface area contributed by atoms with Crippen LogP contribution in [0.25, 0.3) is 33.1 Å². The van der Waals surface area contributed by atoms with Crippen LogP contribution in [0.2, 0.25) is 0 Å². The molecule has 0 aliphatic carbocycles. The van der Waals surface area contributed by atoms with Crippen LogP contribution in [0.1, 0.15) is 0 Å². The summed E-state index contributed by atoms with van der Waals surface area (Å²) in [6, 6.07) is 12.3. The predicted molar refractivity (Wildman–Crippen MR) is 68.9 cm³/mol. The lowest BCUT2D eigenvalue weighted by atomic mass is 10.2. The van der Waals surface area contributed by atoms with Gasteiger partial charge in [0.25, 0.3) is 0 Å². The molecule has 4 aromatic rings. The first-order chi connectivity index (χ1) is 8.81. The molecule has 0 bridgehead atoms. The van der Waals surface area contributed by atoms with Crippen molar-refractivity contribution in [3.63, 3.8) is 0 Å². The van der Waals surface area contributed by atoms with Gasteiger partial charge in [0.05, 0.1) is 11.0 Å². The number of halogens is 1. The Balaban J connectivity index is 2.25. The molecule has 4 rings (SSSR count). The summed E-state index contributed by atoms with van der Waals surface area (Å²) in [5, 5.41) is 0.767. The standard InChI is InChI=1S/C14H8FN3/c15-8-5-6-10-9(7-8)13-14(17-10)18-12-4-2-1-3-11(12)16-13/h1-7H,(H,17,18). The van der Waals surface area contributed by atoms with Crippen LogP contribution in [0.3, 0.4) is 0 Å². The highest BCUT2D eigenvalue weighted by Gasteiger charge is 2.09. The molecule has 18 heavy (non-hydrogen) atoms. The fraction of sp³-hybridized carbons (Fsp3) is 0. The summed E-state index contributed by atoms with van der Waals surface area (Å²) in [6.45, 7) is 0. The number of nitrogens with one attached hydrogen (secondary N) is 1. The van der Waals surface area contributed by atoms with Crippen LogP contribution < -0.4 is 0 Å². The number of nitrogens with zero attached hydrogens (tertiary/aromatic N) is 2. The Morgan fingerprint density at radius 3 is 2.56 bits per heavy atom. The molecule has 3 nitrogen and oxygen atoms in total. The Morgan fingerprint density at radius 2 is 1.72 bits per heavy atom. The number of aromatic amines is 1. The van der Waals surface area contributed by atoms with Crippen molar-refractivity contribution in [1.82, 2.24) is 15.0 Å². The van der Waals surface area contributed by atoms with E-state index in [9.17, 15) is 4.39 Å². The Labute approximate surface area is 101 Å². The van der Waals surface area contributed by atoms with Crippen molar-refractivity contribution in [3.8, 4) is 0 Å². The van der Waals surface area contributed by atoms with Crippen molar-refractivity contribution in [2.75, 3.05) is 0 Å². The molecule has 0 fully saturated rings. The fourth-order valence-corrected chi connectivity index (χ4v) is 2.22. The van der Waals surface area contributed by atoms with Gasteiger partial charge in [-0.3, -0.25) is 0 Å². The minimum absolute atomic E-state index is 0.265. The lowest BCUT2D eigenvalue weighted by Crippen LogP contribution is -1.84. The van der Waals surface area contributed by atoms with Crippen molar-refractivity contribution < 1.29 is 4.39 Å². The number of fused-ring (bicyclic) bond motifs is 4. The topological polar surface area (TPSA) is 41.6 Å². The zero-order valence-corrected chi connectivity index (χ0v) is 9.31. The van der Waals surface area contributed by atoms with E-state index < -0.39 is 0 Å². The second-order valence-corrected chi connectivity index (χ2v) is 4.22. The van der Waals surface area contributed by atoms with Crippen LogP contribution in [0, 0.1) is 5.82 Å². The van der Waals surface area contributed by atoms with Crippen LogP contribution >= 0.6 is 0 Å². The van der Waals surface area contributed by atoms with Crippen molar-refractivity contribution >= 4 is 33.1 Å².